The Morgan fingerprint density at radius 3 is 2.40 bits per heavy atom. The van der Waals surface area contributed by atoms with Crippen molar-refractivity contribution in [2.24, 2.45) is 0 Å². The van der Waals surface area contributed by atoms with Gasteiger partial charge < -0.3 is 4.90 Å². The number of fused-ring (bicyclic) bond motifs is 1. The Bertz CT molecular complexity index is 998. The van der Waals surface area contributed by atoms with Crippen LogP contribution in [0.3, 0.4) is 0 Å². The summed E-state index contributed by atoms with van der Waals surface area (Å²) < 4.78 is 28.7. The van der Waals surface area contributed by atoms with Crippen LogP contribution in [-0.2, 0) is 10.0 Å². The highest BCUT2D eigenvalue weighted by Crippen LogP contribution is 2.21. The summed E-state index contributed by atoms with van der Waals surface area (Å²) in [5, 5.41) is 4.32. The first-order valence-electron chi connectivity index (χ1n) is 7.86. The van der Waals surface area contributed by atoms with Crippen molar-refractivity contribution in [2.45, 2.75) is 5.03 Å². The molecule has 3 aromatic rings. The molecule has 0 unspecified atom stereocenters. The Morgan fingerprint density at radius 1 is 0.960 bits per heavy atom. The van der Waals surface area contributed by atoms with Crippen molar-refractivity contribution >= 4 is 33.0 Å². The van der Waals surface area contributed by atoms with Gasteiger partial charge in [-0.15, -0.1) is 0 Å². The minimum Gasteiger partial charge on any atom is -0.369 e. The molecule has 130 valence electrons. The van der Waals surface area contributed by atoms with Crippen LogP contribution in [0.4, 0.5) is 5.69 Å². The first kappa shape index (κ1) is 16.3. The zero-order valence-electron chi connectivity index (χ0n) is 13.3. The van der Waals surface area contributed by atoms with Crippen LogP contribution in [0.5, 0.6) is 0 Å². The van der Waals surface area contributed by atoms with Gasteiger partial charge in [0.1, 0.15) is 5.15 Å². The molecule has 9 heteroatoms. The van der Waals surface area contributed by atoms with Gasteiger partial charge in [0, 0.05) is 31.9 Å². The van der Waals surface area contributed by atoms with Crippen molar-refractivity contribution in [1.29, 1.82) is 0 Å². The second-order valence-corrected chi connectivity index (χ2v) is 8.02. The van der Waals surface area contributed by atoms with E-state index in [1.807, 2.05) is 30.3 Å². The highest BCUT2D eigenvalue weighted by atomic mass is 35.5. The van der Waals surface area contributed by atoms with Crippen molar-refractivity contribution in [2.75, 3.05) is 31.1 Å². The molecule has 0 amide bonds. The van der Waals surface area contributed by atoms with E-state index in [9.17, 15) is 8.42 Å². The van der Waals surface area contributed by atoms with Crippen molar-refractivity contribution in [3.8, 4) is 0 Å². The predicted octanol–water partition coefficient (Wildman–Crippen LogP) is 1.89. The number of aromatic nitrogens is 3. The van der Waals surface area contributed by atoms with E-state index in [4.69, 9.17) is 11.6 Å². The zero-order valence-corrected chi connectivity index (χ0v) is 14.9. The fourth-order valence-electron chi connectivity index (χ4n) is 2.96. The van der Waals surface area contributed by atoms with Crippen LogP contribution < -0.4 is 4.90 Å². The zero-order chi connectivity index (χ0) is 17.4. The molecule has 1 saturated heterocycles. The molecule has 0 bridgehead atoms. The molecular weight excluding hydrogens is 362 g/mol. The molecule has 3 heterocycles. The second kappa shape index (κ2) is 6.29. The van der Waals surface area contributed by atoms with Crippen LogP contribution >= 0.6 is 11.6 Å². The third kappa shape index (κ3) is 2.97. The maximum Gasteiger partial charge on any atom is 0.262 e. The fourth-order valence-corrected chi connectivity index (χ4v) is 4.55. The molecule has 2 aromatic heterocycles. The molecule has 4 rings (SSSR count). The molecule has 1 aromatic carbocycles. The molecule has 0 atom stereocenters. The van der Waals surface area contributed by atoms with Crippen LogP contribution in [0.1, 0.15) is 0 Å². The third-order valence-electron chi connectivity index (χ3n) is 4.26. The Hall–Kier alpha value is -2.16. The van der Waals surface area contributed by atoms with Crippen molar-refractivity contribution in [3.63, 3.8) is 0 Å². The van der Waals surface area contributed by atoms with E-state index < -0.39 is 10.0 Å². The molecule has 0 radical (unpaired) electrons. The van der Waals surface area contributed by atoms with Gasteiger partial charge in [0.2, 0.25) is 0 Å². The summed E-state index contributed by atoms with van der Waals surface area (Å²) in [5.41, 5.74) is 1.55. The summed E-state index contributed by atoms with van der Waals surface area (Å²) in [7, 11) is -3.68. The van der Waals surface area contributed by atoms with Crippen molar-refractivity contribution in [3.05, 3.63) is 53.8 Å². The largest absolute Gasteiger partial charge is 0.369 e. The van der Waals surface area contributed by atoms with E-state index in [1.165, 1.54) is 15.0 Å². The SMILES string of the molecule is O=S(=O)(c1cnc2ccc(Cl)nn12)N1CCN(c2ccccc2)CC1. The van der Waals surface area contributed by atoms with Crippen LogP contribution in [0.15, 0.2) is 53.7 Å². The maximum atomic E-state index is 13.0. The van der Waals surface area contributed by atoms with E-state index in [2.05, 4.69) is 15.0 Å². The van der Waals surface area contributed by atoms with Gasteiger partial charge in [-0.1, -0.05) is 29.8 Å². The first-order chi connectivity index (χ1) is 12.1. The van der Waals surface area contributed by atoms with Crippen molar-refractivity contribution < 1.29 is 8.42 Å². The molecule has 1 fully saturated rings. The number of para-hydroxylation sites is 1. The summed E-state index contributed by atoms with van der Waals surface area (Å²) in [6.07, 6.45) is 1.33. The van der Waals surface area contributed by atoms with Crippen LogP contribution in [-0.4, -0.2) is 53.5 Å². The average Bonchev–Trinajstić information content (AvgIpc) is 3.06. The highest BCUT2D eigenvalue weighted by Gasteiger charge is 2.31. The average molecular weight is 378 g/mol. The monoisotopic (exact) mass is 377 g/mol. The van der Waals surface area contributed by atoms with E-state index in [-0.39, 0.29) is 10.2 Å². The molecular formula is C16H16ClN5O2S. The second-order valence-electron chi connectivity index (χ2n) is 5.75. The number of hydrogen-bond donors (Lipinski definition) is 0. The van der Waals surface area contributed by atoms with Crippen molar-refractivity contribution in [1.82, 2.24) is 18.9 Å². The van der Waals surface area contributed by atoms with E-state index in [1.54, 1.807) is 12.1 Å². The van der Waals surface area contributed by atoms with E-state index in [0.717, 1.165) is 5.69 Å². The van der Waals surface area contributed by atoms with E-state index >= 15 is 0 Å². The summed E-state index contributed by atoms with van der Waals surface area (Å²) in [5.74, 6) is 0. The number of halogens is 1. The highest BCUT2D eigenvalue weighted by molar-refractivity contribution is 7.89. The van der Waals surface area contributed by atoms with Crippen LogP contribution in [0.25, 0.3) is 5.65 Å². The summed E-state index contributed by atoms with van der Waals surface area (Å²) in [6.45, 7) is 2.08. The van der Waals surface area contributed by atoms with Crippen LogP contribution in [0, 0.1) is 0 Å². The van der Waals surface area contributed by atoms with Gasteiger partial charge in [0.15, 0.2) is 10.7 Å². The molecule has 0 spiro atoms. The summed E-state index contributed by atoms with van der Waals surface area (Å²) in [6, 6.07) is 13.2. The van der Waals surface area contributed by atoms with Gasteiger partial charge in [0.05, 0.1) is 6.20 Å². The van der Waals surface area contributed by atoms with Gasteiger partial charge in [0.25, 0.3) is 10.0 Å². The van der Waals surface area contributed by atoms with Gasteiger partial charge in [-0.3, -0.25) is 0 Å². The third-order valence-corrected chi connectivity index (χ3v) is 6.32. The number of rotatable bonds is 3. The lowest BCUT2D eigenvalue weighted by Gasteiger charge is -2.35. The predicted molar refractivity (Wildman–Crippen MR) is 95.4 cm³/mol. The summed E-state index contributed by atoms with van der Waals surface area (Å²) >= 11 is 5.90. The molecule has 0 aliphatic carbocycles. The number of hydrogen-bond acceptors (Lipinski definition) is 5. The van der Waals surface area contributed by atoms with Gasteiger partial charge >= 0.3 is 0 Å². The summed E-state index contributed by atoms with van der Waals surface area (Å²) in [4.78, 5) is 6.29. The molecule has 1 aliphatic rings. The lowest BCUT2D eigenvalue weighted by Crippen LogP contribution is -2.48. The number of nitrogens with zero attached hydrogens (tertiary/aromatic N) is 5. The molecule has 7 nitrogen and oxygen atoms in total. The number of anilines is 1. The number of benzene rings is 1. The molecule has 0 saturated carbocycles. The lowest BCUT2D eigenvalue weighted by atomic mass is 10.2. The topological polar surface area (TPSA) is 70.8 Å². The maximum absolute atomic E-state index is 13.0. The minimum absolute atomic E-state index is 0.0400. The van der Waals surface area contributed by atoms with Gasteiger partial charge in [-0.25, -0.2) is 13.4 Å². The minimum atomic E-state index is -3.68. The number of sulfonamides is 1. The lowest BCUT2D eigenvalue weighted by molar-refractivity contribution is 0.382. The smallest absolute Gasteiger partial charge is 0.262 e. The first-order valence-corrected chi connectivity index (χ1v) is 9.68. The van der Waals surface area contributed by atoms with Crippen LogP contribution in [0.2, 0.25) is 5.15 Å². The number of imidazole rings is 1. The number of piperazine rings is 1. The molecule has 0 N–H and O–H groups in total. The van der Waals surface area contributed by atoms with E-state index in [0.29, 0.717) is 31.8 Å². The fraction of sp³-hybridized carbons (Fsp3) is 0.250. The normalized spacial score (nSPS) is 16.4. The van der Waals surface area contributed by atoms with Gasteiger partial charge in [-0.05, 0) is 24.3 Å². The Kier molecular flexibility index (Phi) is 4.10. The standard InChI is InChI=1S/C16H16ClN5O2S/c17-14-6-7-15-18-12-16(22(15)19-14)25(23,24)21-10-8-20(9-11-21)13-4-2-1-3-5-13/h1-7,12H,8-11H2. The Balaban J connectivity index is 1.58. The Labute approximate surface area is 150 Å². The molecule has 1 aliphatic heterocycles. The molecule has 25 heavy (non-hydrogen) atoms. The van der Waals surface area contributed by atoms with Gasteiger partial charge in [-0.2, -0.15) is 13.9 Å². The quantitative estimate of drug-likeness (QED) is 0.697. The Morgan fingerprint density at radius 2 is 1.68 bits per heavy atom.